The molecule has 0 bridgehead atoms. The Labute approximate surface area is 157 Å². The van der Waals surface area contributed by atoms with Crippen molar-refractivity contribution in [2.75, 3.05) is 18.5 Å². The van der Waals surface area contributed by atoms with E-state index in [1.165, 1.54) is 42.4 Å². The molecule has 1 aliphatic rings. The maximum Gasteiger partial charge on any atom is 0.416 e. The number of ether oxygens (including phenoxy) is 1. The van der Waals surface area contributed by atoms with Gasteiger partial charge in [0.2, 0.25) is 0 Å². The van der Waals surface area contributed by atoms with Crippen molar-refractivity contribution in [1.82, 2.24) is 9.88 Å². The van der Waals surface area contributed by atoms with Crippen LogP contribution in [0.15, 0.2) is 36.5 Å². The van der Waals surface area contributed by atoms with Crippen molar-refractivity contribution >= 4 is 29.4 Å². The Kier molecular flexibility index (Phi) is 4.97. The Hall–Kier alpha value is -2.81. The summed E-state index contributed by atoms with van der Waals surface area (Å²) >= 11 is 5.88. The van der Waals surface area contributed by atoms with Crippen LogP contribution in [0.1, 0.15) is 11.1 Å². The molecule has 2 heterocycles. The third kappa shape index (κ3) is 3.82. The van der Waals surface area contributed by atoms with E-state index in [0.717, 1.165) is 11.0 Å². The maximum atomic E-state index is 13.1. The van der Waals surface area contributed by atoms with Crippen LogP contribution in [-0.2, 0) is 17.6 Å². The number of amides is 3. The maximum absolute atomic E-state index is 13.1. The molecule has 0 aliphatic carbocycles. The van der Waals surface area contributed by atoms with E-state index < -0.39 is 24.4 Å². The molecule has 0 atom stereocenters. The molecule has 1 saturated heterocycles. The van der Waals surface area contributed by atoms with E-state index in [4.69, 9.17) is 16.3 Å². The molecular weight excluding hydrogens is 387 g/mol. The van der Waals surface area contributed by atoms with Crippen LogP contribution in [0.4, 0.5) is 23.8 Å². The highest BCUT2D eigenvalue weighted by Crippen LogP contribution is 2.35. The molecule has 1 fully saturated rings. The highest BCUT2D eigenvalue weighted by atomic mass is 35.5. The van der Waals surface area contributed by atoms with Crippen molar-refractivity contribution in [1.29, 1.82) is 0 Å². The lowest BCUT2D eigenvalue weighted by molar-refractivity contribution is -0.138. The van der Waals surface area contributed by atoms with Gasteiger partial charge in [0.1, 0.15) is 24.7 Å². The number of aromatic nitrogens is 1. The zero-order valence-electron chi connectivity index (χ0n) is 14.0. The number of hydrogen-bond acceptors (Lipinski definition) is 4. The van der Waals surface area contributed by atoms with Crippen molar-refractivity contribution in [3.05, 3.63) is 52.7 Å². The van der Waals surface area contributed by atoms with E-state index in [9.17, 15) is 22.8 Å². The van der Waals surface area contributed by atoms with Crippen LogP contribution >= 0.6 is 11.6 Å². The topological polar surface area (TPSA) is 62.7 Å². The zero-order valence-corrected chi connectivity index (χ0v) is 14.7. The van der Waals surface area contributed by atoms with Gasteiger partial charge in [-0.05, 0) is 24.3 Å². The quantitative estimate of drug-likeness (QED) is 0.735. The number of alkyl halides is 3. The van der Waals surface area contributed by atoms with Crippen LogP contribution < -0.4 is 9.64 Å². The van der Waals surface area contributed by atoms with Gasteiger partial charge in [0, 0.05) is 17.6 Å². The van der Waals surface area contributed by atoms with Gasteiger partial charge < -0.3 is 4.74 Å². The molecule has 0 radical (unpaired) electrons. The fraction of sp³-hybridized carbons (Fsp3) is 0.235. The number of carbonyl (C=O) groups is 2. The monoisotopic (exact) mass is 399 g/mol. The number of halogens is 4. The van der Waals surface area contributed by atoms with E-state index in [1.807, 2.05) is 0 Å². The molecule has 2 aromatic rings. The molecule has 3 rings (SSSR count). The van der Waals surface area contributed by atoms with E-state index >= 15 is 0 Å². The lowest BCUT2D eigenvalue weighted by atomic mass is 10.1. The first kappa shape index (κ1) is 19.0. The number of benzene rings is 1. The van der Waals surface area contributed by atoms with E-state index in [0.29, 0.717) is 0 Å². The summed E-state index contributed by atoms with van der Waals surface area (Å²) in [5.74, 6) is 0.0671. The highest BCUT2D eigenvalue weighted by Gasteiger charge is 2.35. The summed E-state index contributed by atoms with van der Waals surface area (Å²) in [5, 5.41) is -0.0568. The smallest absolute Gasteiger partial charge is 0.416 e. The Bertz CT molecular complexity index is 887. The molecule has 10 heteroatoms. The second-order valence-electron chi connectivity index (χ2n) is 5.73. The SMILES string of the molecule is CN1C(=O)CN(c2ccc(OCc3c(Cl)cccc3C(F)(F)F)cn2)C1=O. The van der Waals surface area contributed by atoms with Crippen LogP contribution in [-0.4, -0.2) is 35.4 Å². The first-order chi connectivity index (χ1) is 12.7. The van der Waals surface area contributed by atoms with Crippen LogP contribution in [0.3, 0.4) is 0 Å². The molecule has 1 aromatic heterocycles. The molecule has 6 nitrogen and oxygen atoms in total. The second kappa shape index (κ2) is 7.07. The number of imide groups is 1. The summed E-state index contributed by atoms with van der Waals surface area (Å²) < 4.78 is 44.6. The summed E-state index contributed by atoms with van der Waals surface area (Å²) in [6.45, 7) is -0.531. The molecule has 142 valence electrons. The van der Waals surface area contributed by atoms with Gasteiger partial charge in [-0.15, -0.1) is 0 Å². The van der Waals surface area contributed by atoms with Gasteiger partial charge >= 0.3 is 12.2 Å². The van der Waals surface area contributed by atoms with Gasteiger partial charge in [-0.1, -0.05) is 17.7 Å². The minimum atomic E-state index is -4.56. The van der Waals surface area contributed by atoms with Crippen molar-refractivity contribution < 1.29 is 27.5 Å². The van der Waals surface area contributed by atoms with Crippen LogP contribution in [0.5, 0.6) is 5.75 Å². The summed E-state index contributed by atoms with van der Waals surface area (Å²) in [7, 11) is 1.37. The van der Waals surface area contributed by atoms with Gasteiger partial charge in [0.05, 0.1) is 11.8 Å². The van der Waals surface area contributed by atoms with Crippen molar-refractivity contribution in [3.63, 3.8) is 0 Å². The average molecular weight is 400 g/mol. The molecule has 1 aromatic carbocycles. The molecular formula is C17H13ClF3N3O3. The number of rotatable bonds is 4. The van der Waals surface area contributed by atoms with E-state index in [1.54, 1.807) is 0 Å². The van der Waals surface area contributed by atoms with Gasteiger partial charge in [-0.25, -0.2) is 9.78 Å². The second-order valence-corrected chi connectivity index (χ2v) is 6.13. The minimum Gasteiger partial charge on any atom is -0.487 e. The molecule has 0 saturated carbocycles. The number of nitrogens with zero attached hydrogens (tertiary/aromatic N) is 3. The standard InChI is InChI=1S/C17H13ClF3N3O3/c1-23-15(25)8-24(16(23)26)14-6-5-10(7-22-14)27-9-11-12(17(19,20)21)3-2-4-13(11)18/h2-7H,8-9H2,1H3. The van der Waals surface area contributed by atoms with Crippen molar-refractivity contribution in [3.8, 4) is 5.75 Å². The number of pyridine rings is 1. The summed E-state index contributed by atoms with van der Waals surface area (Å²) in [6.07, 6.45) is -3.30. The lowest BCUT2D eigenvalue weighted by Crippen LogP contribution is -2.30. The fourth-order valence-electron chi connectivity index (χ4n) is 2.52. The molecule has 0 unspecified atom stereocenters. The average Bonchev–Trinajstić information content (AvgIpc) is 2.87. The lowest BCUT2D eigenvalue weighted by Gasteiger charge is -2.16. The van der Waals surface area contributed by atoms with Crippen LogP contribution in [0.25, 0.3) is 0 Å². The Morgan fingerprint density at radius 2 is 1.96 bits per heavy atom. The zero-order chi connectivity index (χ0) is 19.8. The third-order valence-corrected chi connectivity index (χ3v) is 4.34. The predicted molar refractivity (Wildman–Crippen MR) is 90.5 cm³/mol. The largest absolute Gasteiger partial charge is 0.487 e. The van der Waals surface area contributed by atoms with Crippen molar-refractivity contribution in [2.45, 2.75) is 12.8 Å². The number of hydrogen-bond donors (Lipinski definition) is 0. The Morgan fingerprint density at radius 3 is 2.52 bits per heavy atom. The minimum absolute atomic E-state index is 0.0568. The predicted octanol–water partition coefficient (Wildman–Crippen LogP) is 3.73. The van der Waals surface area contributed by atoms with Gasteiger partial charge in [-0.3, -0.25) is 14.6 Å². The first-order valence-electron chi connectivity index (χ1n) is 7.70. The Morgan fingerprint density at radius 1 is 1.22 bits per heavy atom. The van der Waals surface area contributed by atoms with Crippen LogP contribution in [0.2, 0.25) is 5.02 Å². The number of carbonyl (C=O) groups excluding carboxylic acids is 2. The van der Waals surface area contributed by atoms with Crippen LogP contribution in [0, 0.1) is 0 Å². The highest BCUT2D eigenvalue weighted by molar-refractivity contribution is 6.31. The molecule has 0 spiro atoms. The number of likely N-dealkylation sites (N-methyl/N-ethyl adjacent to an activating group) is 1. The normalized spacial score (nSPS) is 14.9. The van der Waals surface area contributed by atoms with Gasteiger partial charge in [0.15, 0.2) is 0 Å². The first-order valence-corrected chi connectivity index (χ1v) is 8.08. The van der Waals surface area contributed by atoms with Gasteiger partial charge in [0.25, 0.3) is 5.91 Å². The molecule has 0 N–H and O–H groups in total. The van der Waals surface area contributed by atoms with Gasteiger partial charge in [-0.2, -0.15) is 13.2 Å². The van der Waals surface area contributed by atoms with E-state index in [-0.39, 0.29) is 34.6 Å². The Balaban J connectivity index is 1.74. The third-order valence-electron chi connectivity index (χ3n) is 3.99. The summed E-state index contributed by atoms with van der Waals surface area (Å²) in [5.41, 5.74) is -1.05. The fourth-order valence-corrected chi connectivity index (χ4v) is 2.75. The summed E-state index contributed by atoms with van der Waals surface area (Å²) in [4.78, 5) is 29.7. The van der Waals surface area contributed by atoms with E-state index in [2.05, 4.69) is 4.98 Å². The summed E-state index contributed by atoms with van der Waals surface area (Å²) in [6, 6.07) is 5.88. The molecule has 1 aliphatic heterocycles. The van der Waals surface area contributed by atoms with Crippen molar-refractivity contribution in [2.24, 2.45) is 0 Å². The molecule has 3 amide bonds. The number of anilines is 1. The molecule has 27 heavy (non-hydrogen) atoms. The number of urea groups is 1.